The summed E-state index contributed by atoms with van der Waals surface area (Å²) in [6.45, 7) is 8.46. The molecule has 0 aliphatic heterocycles. The Morgan fingerprint density at radius 1 is 0.947 bits per heavy atom. The number of hydrogen-bond acceptors (Lipinski definition) is 3. The molecule has 0 unspecified atom stereocenters. The van der Waals surface area contributed by atoms with E-state index in [4.69, 9.17) is 5.73 Å². The van der Waals surface area contributed by atoms with Crippen LogP contribution in [0.25, 0.3) is 11.4 Å². The summed E-state index contributed by atoms with van der Waals surface area (Å²) >= 11 is 0. The van der Waals surface area contributed by atoms with Crippen molar-refractivity contribution in [3.8, 4) is 11.4 Å². The number of aromatic nitrogens is 2. The number of benzene rings is 1. The van der Waals surface area contributed by atoms with Gasteiger partial charge in [0, 0.05) is 17.3 Å². The third-order valence-electron chi connectivity index (χ3n) is 3.39. The van der Waals surface area contributed by atoms with Crippen LogP contribution in [0.2, 0.25) is 0 Å². The topological polar surface area (TPSA) is 51.8 Å². The molecule has 0 aliphatic rings. The van der Waals surface area contributed by atoms with Crippen molar-refractivity contribution in [3.05, 3.63) is 40.6 Å². The van der Waals surface area contributed by atoms with Crippen molar-refractivity contribution in [2.24, 2.45) is 0 Å². The summed E-state index contributed by atoms with van der Waals surface area (Å²) < 4.78 is 0. The first kappa shape index (κ1) is 13.5. The Labute approximate surface area is 114 Å². The first-order valence-electron chi connectivity index (χ1n) is 6.73. The molecule has 0 saturated heterocycles. The largest absolute Gasteiger partial charge is 0.384 e. The van der Waals surface area contributed by atoms with Crippen LogP contribution < -0.4 is 5.73 Å². The van der Waals surface area contributed by atoms with Gasteiger partial charge in [-0.15, -0.1) is 0 Å². The standard InChI is InChI=1S/C16H21N3/c1-5-6-13-9-15(17)19-16(18-13)14-8-11(3)10(2)7-12(14)4/h7-9H,5-6H2,1-4H3,(H2,17,18,19). The van der Waals surface area contributed by atoms with E-state index in [2.05, 4.69) is 49.8 Å². The predicted molar refractivity (Wildman–Crippen MR) is 80.1 cm³/mol. The van der Waals surface area contributed by atoms with Crippen LogP contribution in [0.3, 0.4) is 0 Å². The molecule has 0 radical (unpaired) electrons. The molecule has 3 nitrogen and oxygen atoms in total. The number of anilines is 1. The molecule has 1 aromatic carbocycles. The van der Waals surface area contributed by atoms with E-state index < -0.39 is 0 Å². The van der Waals surface area contributed by atoms with Gasteiger partial charge in [-0.1, -0.05) is 19.4 Å². The van der Waals surface area contributed by atoms with Crippen LogP contribution in [0, 0.1) is 20.8 Å². The normalized spacial score (nSPS) is 10.7. The number of hydrogen-bond donors (Lipinski definition) is 1. The maximum atomic E-state index is 5.89. The number of aryl methyl sites for hydroxylation is 4. The first-order chi connectivity index (χ1) is 9.01. The fraction of sp³-hybridized carbons (Fsp3) is 0.375. The number of nitrogen functional groups attached to an aromatic ring is 1. The zero-order chi connectivity index (χ0) is 14.0. The average Bonchev–Trinajstić information content (AvgIpc) is 2.33. The lowest BCUT2D eigenvalue weighted by Crippen LogP contribution is -2.01. The minimum Gasteiger partial charge on any atom is -0.384 e. The van der Waals surface area contributed by atoms with Gasteiger partial charge in [0.1, 0.15) is 5.82 Å². The van der Waals surface area contributed by atoms with Gasteiger partial charge >= 0.3 is 0 Å². The van der Waals surface area contributed by atoms with E-state index >= 15 is 0 Å². The Morgan fingerprint density at radius 3 is 2.32 bits per heavy atom. The summed E-state index contributed by atoms with van der Waals surface area (Å²) in [6, 6.07) is 6.19. The lowest BCUT2D eigenvalue weighted by Gasteiger charge is -2.10. The van der Waals surface area contributed by atoms with Gasteiger partial charge in [-0.05, 0) is 49.9 Å². The third kappa shape index (κ3) is 2.92. The van der Waals surface area contributed by atoms with Crippen molar-refractivity contribution >= 4 is 5.82 Å². The Bertz CT molecular complexity index is 603. The van der Waals surface area contributed by atoms with E-state index in [1.54, 1.807) is 0 Å². The highest BCUT2D eigenvalue weighted by atomic mass is 14.9. The van der Waals surface area contributed by atoms with Crippen molar-refractivity contribution in [2.45, 2.75) is 40.5 Å². The molecule has 1 heterocycles. The zero-order valence-corrected chi connectivity index (χ0v) is 12.1. The summed E-state index contributed by atoms with van der Waals surface area (Å²) in [5.41, 5.74) is 11.7. The Hall–Kier alpha value is -1.90. The van der Waals surface area contributed by atoms with Crippen molar-refractivity contribution in [2.75, 3.05) is 5.73 Å². The quantitative estimate of drug-likeness (QED) is 0.911. The molecular formula is C16H21N3. The van der Waals surface area contributed by atoms with Crippen molar-refractivity contribution < 1.29 is 0 Å². The first-order valence-corrected chi connectivity index (χ1v) is 6.73. The maximum absolute atomic E-state index is 5.89. The molecule has 3 heteroatoms. The smallest absolute Gasteiger partial charge is 0.162 e. The van der Waals surface area contributed by atoms with Gasteiger partial charge in [0.15, 0.2) is 5.82 Å². The molecule has 0 bridgehead atoms. The average molecular weight is 255 g/mol. The molecular weight excluding hydrogens is 234 g/mol. The SMILES string of the molecule is CCCc1cc(N)nc(-c2cc(C)c(C)cc2C)n1. The summed E-state index contributed by atoms with van der Waals surface area (Å²) in [6.07, 6.45) is 1.99. The van der Waals surface area contributed by atoms with Gasteiger partial charge in [-0.3, -0.25) is 0 Å². The fourth-order valence-corrected chi connectivity index (χ4v) is 2.22. The van der Waals surface area contributed by atoms with Crippen LogP contribution in [0.4, 0.5) is 5.82 Å². The molecule has 0 amide bonds. The summed E-state index contributed by atoms with van der Waals surface area (Å²) in [7, 11) is 0. The van der Waals surface area contributed by atoms with E-state index in [1.165, 1.54) is 16.7 Å². The lowest BCUT2D eigenvalue weighted by atomic mass is 10.0. The molecule has 2 aromatic rings. The monoisotopic (exact) mass is 255 g/mol. The van der Waals surface area contributed by atoms with Gasteiger partial charge in [0.2, 0.25) is 0 Å². The number of nitrogens with zero attached hydrogens (tertiary/aromatic N) is 2. The van der Waals surface area contributed by atoms with Gasteiger partial charge in [0.05, 0.1) is 0 Å². The highest BCUT2D eigenvalue weighted by Crippen LogP contribution is 2.24. The molecule has 100 valence electrons. The third-order valence-corrected chi connectivity index (χ3v) is 3.39. The fourth-order valence-electron chi connectivity index (χ4n) is 2.22. The van der Waals surface area contributed by atoms with Crippen LogP contribution in [0.5, 0.6) is 0 Å². The molecule has 2 rings (SSSR count). The molecule has 2 N–H and O–H groups in total. The van der Waals surface area contributed by atoms with Crippen molar-refractivity contribution in [1.82, 2.24) is 9.97 Å². The van der Waals surface area contributed by atoms with E-state index in [1.807, 2.05) is 6.07 Å². The Balaban J connectivity index is 2.55. The van der Waals surface area contributed by atoms with E-state index in [0.717, 1.165) is 29.9 Å². The number of nitrogens with two attached hydrogens (primary N) is 1. The summed E-state index contributed by atoms with van der Waals surface area (Å²) in [5, 5.41) is 0. The second-order valence-electron chi connectivity index (χ2n) is 5.11. The number of rotatable bonds is 3. The summed E-state index contributed by atoms with van der Waals surface area (Å²) in [4.78, 5) is 9.02. The van der Waals surface area contributed by atoms with Crippen LogP contribution >= 0.6 is 0 Å². The minimum atomic E-state index is 0.547. The zero-order valence-electron chi connectivity index (χ0n) is 12.1. The molecule has 19 heavy (non-hydrogen) atoms. The second-order valence-corrected chi connectivity index (χ2v) is 5.11. The van der Waals surface area contributed by atoms with E-state index in [0.29, 0.717) is 5.82 Å². The summed E-state index contributed by atoms with van der Waals surface area (Å²) in [5.74, 6) is 1.29. The van der Waals surface area contributed by atoms with Crippen molar-refractivity contribution in [3.63, 3.8) is 0 Å². The maximum Gasteiger partial charge on any atom is 0.162 e. The van der Waals surface area contributed by atoms with Crippen molar-refractivity contribution in [1.29, 1.82) is 0 Å². The Kier molecular flexibility index (Phi) is 3.84. The van der Waals surface area contributed by atoms with Crippen LogP contribution in [0.1, 0.15) is 35.7 Å². The molecule has 0 fully saturated rings. The van der Waals surface area contributed by atoms with E-state index in [-0.39, 0.29) is 0 Å². The lowest BCUT2D eigenvalue weighted by molar-refractivity contribution is 0.876. The van der Waals surface area contributed by atoms with Gasteiger partial charge in [-0.25, -0.2) is 9.97 Å². The molecule has 0 saturated carbocycles. The minimum absolute atomic E-state index is 0.547. The van der Waals surface area contributed by atoms with Gasteiger partial charge in [0.25, 0.3) is 0 Å². The molecule has 1 aromatic heterocycles. The highest BCUT2D eigenvalue weighted by Gasteiger charge is 2.09. The highest BCUT2D eigenvalue weighted by molar-refractivity contribution is 5.63. The molecule has 0 atom stereocenters. The molecule has 0 spiro atoms. The predicted octanol–water partition coefficient (Wildman–Crippen LogP) is 3.60. The van der Waals surface area contributed by atoms with E-state index in [9.17, 15) is 0 Å². The van der Waals surface area contributed by atoms with Gasteiger partial charge < -0.3 is 5.73 Å². The van der Waals surface area contributed by atoms with Gasteiger partial charge in [-0.2, -0.15) is 0 Å². The van der Waals surface area contributed by atoms with Crippen LogP contribution in [-0.4, -0.2) is 9.97 Å². The van der Waals surface area contributed by atoms with Crippen LogP contribution in [0.15, 0.2) is 18.2 Å². The van der Waals surface area contributed by atoms with Crippen LogP contribution in [-0.2, 0) is 6.42 Å². The molecule has 0 aliphatic carbocycles. The Morgan fingerprint density at radius 2 is 1.63 bits per heavy atom. The second kappa shape index (κ2) is 5.39.